The summed E-state index contributed by atoms with van der Waals surface area (Å²) in [7, 11) is 0. The minimum Gasteiger partial charge on any atom is -0.340 e. The molecule has 0 saturated heterocycles. The number of carbonyl (C=O) groups is 1. The lowest BCUT2D eigenvalue weighted by molar-refractivity contribution is -0.137. The Balaban J connectivity index is 1.74. The quantitative estimate of drug-likeness (QED) is 0.604. The van der Waals surface area contributed by atoms with Gasteiger partial charge in [-0.25, -0.2) is 4.98 Å². The molecule has 0 spiro atoms. The number of nitrogens with one attached hydrogen (secondary N) is 2. The third-order valence-corrected chi connectivity index (χ3v) is 3.67. The van der Waals surface area contributed by atoms with Crippen molar-refractivity contribution in [1.82, 2.24) is 9.97 Å². The number of Topliss-reactive ketones (excluding diaryl/α,β-unsaturated/α-hetero) is 1. The number of aromatic nitrogens is 2. The van der Waals surface area contributed by atoms with Gasteiger partial charge in [0.1, 0.15) is 5.82 Å². The average molecular weight is 372 g/mol. The molecule has 0 fully saturated rings. The van der Waals surface area contributed by atoms with Crippen LogP contribution < -0.4 is 10.6 Å². The Bertz CT molecular complexity index is 956. The van der Waals surface area contributed by atoms with E-state index in [1.165, 1.54) is 25.3 Å². The maximum Gasteiger partial charge on any atom is 0.416 e. The predicted octanol–water partition coefficient (Wildman–Crippen LogP) is 5.19. The standard InChI is InChI=1S/C19H15F3N4O/c1-12(27)13-3-2-4-16(11-13)24-17-9-10-23-18(26-17)25-15-7-5-14(6-8-15)19(20,21)22/h2-11H,1H3,(H2,23,24,25,26). The molecule has 0 bridgehead atoms. The van der Waals surface area contributed by atoms with E-state index in [0.717, 1.165) is 12.1 Å². The Morgan fingerprint density at radius 2 is 1.70 bits per heavy atom. The molecule has 1 aromatic heterocycles. The number of halogens is 3. The molecule has 0 aliphatic carbocycles. The summed E-state index contributed by atoms with van der Waals surface area (Å²) in [5.74, 6) is 0.647. The van der Waals surface area contributed by atoms with Crippen LogP contribution in [0.5, 0.6) is 0 Å². The Kier molecular flexibility index (Phi) is 5.07. The number of anilines is 4. The van der Waals surface area contributed by atoms with E-state index < -0.39 is 11.7 Å². The number of hydrogen-bond donors (Lipinski definition) is 2. The van der Waals surface area contributed by atoms with Crippen LogP contribution in [0, 0.1) is 0 Å². The lowest BCUT2D eigenvalue weighted by atomic mass is 10.1. The van der Waals surface area contributed by atoms with Crippen molar-refractivity contribution in [2.75, 3.05) is 10.6 Å². The molecular weight excluding hydrogens is 357 g/mol. The zero-order valence-electron chi connectivity index (χ0n) is 14.2. The van der Waals surface area contributed by atoms with Crippen molar-refractivity contribution in [3.05, 3.63) is 71.9 Å². The van der Waals surface area contributed by atoms with E-state index in [2.05, 4.69) is 20.6 Å². The Morgan fingerprint density at radius 1 is 0.963 bits per heavy atom. The summed E-state index contributed by atoms with van der Waals surface area (Å²) in [6.45, 7) is 1.48. The molecular formula is C19H15F3N4O. The highest BCUT2D eigenvalue weighted by atomic mass is 19.4. The summed E-state index contributed by atoms with van der Waals surface area (Å²) >= 11 is 0. The molecule has 2 aromatic carbocycles. The second-order valence-electron chi connectivity index (χ2n) is 5.73. The van der Waals surface area contributed by atoms with E-state index in [1.807, 2.05) is 0 Å². The van der Waals surface area contributed by atoms with Crippen LogP contribution in [0.3, 0.4) is 0 Å². The fourth-order valence-corrected chi connectivity index (χ4v) is 2.32. The third-order valence-electron chi connectivity index (χ3n) is 3.67. The van der Waals surface area contributed by atoms with Crippen LogP contribution in [0.25, 0.3) is 0 Å². The molecule has 2 N–H and O–H groups in total. The second kappa shape index (κ2) is 7.45. The van der Waals surface area contributed by atoms with Crippen LogP contribution in [0.2, 0.25) is 0 Å². The van der Waals surface area contributed by atoms with E-state index >= 15 is 0 Å². The number of nitrogens with zero attached hydrogens (tertiary/aromatic N) is 2. The number of rotatable bonds is 5. The van der Waals surface area contributed by atoms with Crippen LogP contribution in [0.15, 0.2) is 60.8 Å². The van der Waals surface area contributed by atoms with Crippen LogP contribution in [-0.2, 0) is 6.18 Å². The van der Waals surface area contributed by atoms with Gasteiger partial charge in [0.25, 0.3) is 0 Å². The van der Waals surface area contributed by atoms with Gasteiger partial charge in [0, 0.05) is 23.1 Å². The smallest absolute Gasteiger partial charge is 0.340 e. The average Bonchev–Trinajstić information content (AvgIpc) is 2.62. The van der Waals surface area contributed by atoms with Crippen LogP contribution in [-0.4, -0.2) is 15.8 Å². The van der Waals surface area contributed by atoms with Gasteiger partial charge >= 0.3 is 6.18 Å². The van der Waals surface area contributed by atoms with Crippen molar-refractivity contribution in [1.29, 1.82) is 0 Å². The van der Waals surface area contributed by atoms with Crippen LogP contribution in [0.1, 0.15) is 22.8 Å². The van der Waals surface area contributed by atoms with Crippen molar-refractivity contribution in [3.63, 3.8) is 0 Å². The lowest BCUT2D eigenvalue weighted by Crippen LogP contribution is -2.05. The first-order chi connectivity index (χ1) is 12.8. The maximum absolute atomic E-state index is 12.6. The minimum atomic E-state index is -4.38. The van der Waals surface area contributed by atoms with Crippen molar-refractivity contribution in [2.24, 2.45) is 0 Å². The minimum absolute atomic E-state index is 0.0500. The SMILES string of the molecule is CC(=O)c1cccc(Nc2ccnc(Nc3ccc(C(F)(F)F)cc3)n2)c1. The summed E-state index contributed by atoms with van der Waals surface area (Å²) in [5, 5.41) is 5.92. The van der Waals surface area contributed by atoms with Crippen LogP contribution in [0.4, 0.5) is 36.3 Å². The van der Waals surface area contributed by atoms with Gasteiger partial charge < -0.3 is 10.6 Å². The molecule has 1 heterocycles. The molecule has 0 unspecified atom stereocenters. The maximum atomic E-state index is 12.6. The fourth-order valence-electron chi connectivity index (χ4n) is 2.32. The highest BCUT2D eigenvalue weighted by Gasteiger charge is 2.29. The van der Waals surface area contributed by atoms with Crippen molar-refractivity contribution >= 4 is 28.9 Å². The number of hydrogen-bond acceptors (Lipinski definition) is 5. The number of alkyl halides is 3. The monoisotopic (exact) mass is 372 g/mol. The van der Waals surface area contributed by atoms with E-state index in [9.17, 15) is 18.0 Å². The summed E-state index contributed by atoms with van der Waals surface area (Å²) < 4.78 is 37.8. The Hall–Kier alpha value is -3.42. The molecule has 3 rings (SSSR count). The number of ketones is 1. The van der Waals surface area contributed by atoms with E-state index in [1.54, 1.807) is 30.3 Å². The fraction of sp³-hybridized carbons (Fsp3) is 0.105. The summed E-state index contributed by atoms with van der Waals surface area (Å²) in [4.78, 5) is 19.8. The molecule has 0 atom stereocenters. The first-order valence-electron chi connectivity index (χ1n) is 7.96. The normalized spacial score (nSPS) is 11.1. The third kappa shape index (κ3) is 4.81. The Morgan fingerprint density at radius 3 is 2.37 bits per heavy atom. The largest absolute Gasteiger partial charge is 0.416 e. The molecule has 0 radical (unpaired) electrons. The predicted molar refractivity (Wildman–Crippen MR) is 96.5 cm³/mol. The van der Waals surface area contributed by atoms with Crippen molar-refractivity contribution in [3.8, 4) is 0 Å². The molecule has 0 saturated carbocycles. The number of carbonyl (C=O) groups excluding carboxylic acids is 1. The molecule has 5 nitrogen and oxygen atoms in total. The second-order valence-corrected chi connectivity index (χ2v) is 5.73. The van der Waals surface area contributed by atoms with Gasteiger partial charge in [-0.05, 0) is 49.4 Å². The van der Waals surface area contributed by atoms with Gasteiger partial charge in [-0.15, -0.1) is 0 Å². The molecule has 8 heteroatoms. The van der Waals surface area contributed by atoms with Gasteiger partial charge in [0.2, 0.25) is 5.95 Å². The molecule has 27 heavy (non-hydrogen) atoms. The van der Waals surface area contributed by atoms with Gasteiger partial charge in [-0.3, -0.25) is 4.79 Å². The highest BCUT2D eigenvalue weighted by molar-refractivity contribution is 5.95. The summed E-state index contributed by atoms with van der Waals surface area (Å²) in [6, 6.07) is 13.2. The molecule has 3 aromatic rings. The van der Waals surface area contributed by atoms with Gasteiger partial charge in [-0.2, -0.15) is 18.2 Å². The zero-order valence-corrected chi connectivity index (χ0v) is 14.2. The topological polar surface area (TPSA) is 66.9 Å². The van der Waals surface area contributed by atoms with E-state index in [4.69, 9.17) is 0 Å². The van der Waals surface area contributed by atoms with Gasteiger partial charge in [0.15, 0.2) is 5.78 Å². The van der Waals surface area contributed by atoms with Crippen molar-refractivity contribution < 1.29 is 18.0 Å². The zero-order chi connectivity index (χ0) is 19.4. The highest BCUT2D eigenvalue weighted by Crippen LogP contribution is 2.30. The summed E-state index contributed by atoms with van der Waals surface area (Å²) in [5.41, 5.74) is 0.951. The lowest BCUT2D eigenvalue weighted by Gasteiger charge is -2.10. The molecule has 138 valence electrons. The Labute approximate surface area is 153 Å². The van der Waals surface area contributed by atoms with E-state index in [0.29, 0.717) is 22.8 Å². The molecule has 0 amide bonds. The first-order valence-corrected chi connectivity index (χ1v) is 7.96. The molecule has 0 aliphatic heterocycles. The molecule has 0 aliphatic rings. The van der Waals surface area contributed by atoms with E-state index in [-0.39, 0.29) is 11.7 Å². The van der Waals surface area contributed by atoms with Crippen LogP contribution >= 0.6 is 0 Å². The van der Waals surface area contributed by atoms with Crippen molar-refractivity contribution in [2.45, 2.75) is 13.1 Å². The number of benzene rings is 2. The van der Waals surface area contributed by atoms with Gasteiger partial charge in [0.05, 0.1) is 5.56 Å². The first kappa shape index (κ1) is 18.4. The summed E-state index contributed by atoms with van der Waals surface area (Å²) in [6.07, 6.45) is -2.87. The van der Waals surface area contributed by atoms with Gasteiger partial charge in [-0.1, -0.05) is 12.1 Å².